The van der Waals surface area contributed by atoms with Crippen molar-refractivity contribution < 1.29 is 18.7 Å². The fourth-order valence-electron chi connectivity index (χ4n) is 3.52. The van der Waals surface area contributed by atoms with E-state index >= 15 is 0 Å². The molecule has 0 aliphatic carbocycles. The fraction of sp³-hybridized carbons (Fsp3) is 0.579. The van der Waals surface area contributed by atoms with E-state index in [1.54, 1.807) is 17.0 Å². The highest BCUT2D eigenvalue weighted by molar-refractivity contribution is 5.82. The first-order valence-electron chi connectivity index (χ1n) is 9.01. The summed E-state index contributed by atoms with van der Waals surface area (Å²) in [6.45, 7) is 7.65. The van der Waals surface area contributed by atoms with E-state index in [1.807, 2.05) is 18.7 Å². The van der Waals surface area contributed by atoms with Crippen LogP contribution in [0.1, 0.15) is 32.8 Å². The molecule has 2 amide bonds. The lowest BCUT2D eigenvalue weighted by atomic mass is 10.1. The highest BCUT2D eigenvalue weighted by Crippen LogP contribution is 2.25. The summed E-state index contributed by atoms with van der Waals surface area (Å²) in [5, 5.41) is 2.90. The van der Waals surface area contributed by atoms with Crippen molar-refractivity contribution in [2.45, 2.75) is 45.8 Å². The maximum atomic E-state index is 14.0. The van der Waals surface area contributed by atoms with Gasteiger partial charge in [0.1, 0.15) is 0 Å². The molecule has 0 saturated carbocycles. The van der Waals surface area contributed by atoms with Crippen LogP contribution in [0.2, 0.25) is 0 Å². The number of likely N-dealkylation sites (tertiary alicyclic amines) is 1. The Hall–Kier alpha value is -2.15. The third-order valence-electron chi connectivity index (χ3n) is 4.77. The molecule has 0 aromatic heterocycles. The summed E-state index contributed by atoms with van der Waals surface area (Å²) in [7, 11) is 1.43. The normalized spacial score (nSPS) is 20.0. The third kappa shape index (κ3) is 4.72. The van der Waals surface area contributed by atoms with Gasteiger partial charge in [0.15, 0.2) is 11.6 Å². The Bertz CT molecular complexity index is 649. The molecular formula is C19H28FN3O3. The summed E-state index contributed by atoms with van der Waals surface area (Å²) in [6, 6.07) is 4.42. The van der Waals surface area contributed by atoms with E-state index in [4.69, 9.17) is 4.74 Å². The van der Waals surface area contributed by atoms with Gasteiger partial charge < -0.3 is 15.0 Å². The first kappa shape index (κ1) is 20.2. The number of hydrogen-bond acceptors (Lipinski definition) is 4. The number of likely N-dealkylation sites (N-methyl/N-ethyl adjacent to an activating group) is 1. The number of halogens is 1. The second-order valence-electron chi connectivity index (χ2n) is 6.56. The van der Waals surface area contributed by atoms with E-state index in [2.05, 4.69) is 5.32 Å². The van der Waals surface area contributed by atoms with E-state index in [1.165, 1.54) is 20.1 Å². The molecule has 7 heteroatoms. The van der Waals surface area contributed by atoms with Crippen molar-refractivity contribution in [3.8, 4) is 5.75 Å². The van der Waals surface area contributed by atoms with Crippen LogP contribution in [0.4, 0.5) is 4.39 Å². The average Bonchev–Trinajstić information content (AvgIpc) is 2.97. The van der Waals surface area contributed by atoms with Gasteiger partial charge in [0.2, 0.25) is 11.8 Å². The Balaban J connectivity index is 2.19. The molecule has 1 fully saturated rings. The van der Waals surface area contributed by atoms with Crippen LogP contribution in [0.25, 0.3) is 0 Å². The molecule has 6 nitrogen and oxygen atoms in total. The first-order chi connectivity index (χ1) is 12.4. The molecule has 0 bridgehead atoms. The van der Waals surface area contributed by atoms with Crippen LogP contribution in [0.3, 0.4) is 0 Å². The van der Waals surface area contributed by atoms with Crippen LogP contribution >= 0.6 is 0 Å². The Labute approximate surface area is 154 Å². The van der Waals surface area contributed by atoms with Crippen molar-refractivity contribution in [2.75, 3.05) is 26.7 Å². The van der Waals surface area contributed by atoms with Crippen molar-refractivity contribution in [2.24, 2.45) is 0 Å². The molecule has 1 aliphatic rings. The van der Waals surface area contributed by atoms with E-state index in [9.17, 15) is 14.0 Å². The van der Waals surface area contributed by atoms with Crippen molar-refractivity contribution in [1.82, 2.24) is 15.1 Å². The second-order valence-corrected chi connectivity index (χ2v) is 6.56. The summed E-state index contributed by atoms with van der Waals surface area (Å²) >= 11 is 0. The van der Waals surface area contributed by atoms with Crippen LogP contribution in [0.5, 0.6) is 5.75 Å². The van der Waals surface area contributed by atoms with E-state index < -0.39 is 5.82 Å². The first-order valence-corrected chi connectivity index (χ1v) is 9.01. The quantitative estimate of drug-likeness (QED) is 0.800. The van der Waals surface area contributed by atoms with Crippen molar-refractivity contribution in [3.05, 3.63) is 29.6 Å². The van der Waals surface area contributed by atoms with Crippen molar-refractivity contribution >= 4 is 11.8 Å². The summed E-state index contributed by atoms with van der Waals surface area (Å²) in [5.41, 5.74) is 0.768. The molecule has 1 heterocycles. The second kappa shape index (κ2) is 8.98. The van der Waals surface area contributed by atoms with Gasteiger partial charge in [-0.05, 0) is 38.0 Å². The zero-order chi connectivity index (χ0) is 19.3. The summed E-state index contributed by atoms with van der Waals surface area (Å²) in [4.78, 5) is 28.1. The molecule has 1 aliphatic heterocycles. The Kier molecular flexibility index (Phi) is 6.97. The molecule has 0 spiro atoms. The summed E-state index contributed by atoms with van der Waals surface area (Å²) in [6.07, 6.45) is 0.563. The number of hydrogen-bond donors (Lipinski definition) is 1. The lowest BCUT2D eigenvalue weighted by Crippen LogP contribution is -2.45. The molecule has 1 aromatic carbocycles. The lowest BCUT2D eigenvalue weighted by molar-refractivity contribution is -0.135. The molecular weight excluding hydrogens is 337 g/mol. The number of rotatable bonds is 7. The Morgan fingerprint density at radius 1 is 1.35 bits per heavy atom. The van der Waals surface area contributed by atoms with Gasteiger partial charge in [0.25, 0.3) is 0 Å². The monoisotopic (exact) mass is 365 g/mol. The molecule has 0 radical (unpaired) electrons. The van der Waals surface area contributed by atoms with Crippen molar-refractivity contribution in [1.29, 1.82) is 0 Å². The summed E-state index contributed by atoms with van der Waals surface area (Å²) < 4.78 is 18.9. The number of carbonyl (C=O) groups is 2. The fourth-order valence-corrected chi connectivity index (χ4v) is 3.52. The minimum Gasteiger partial charge on any atom is -0.494 e. The smallest absolute Gasteiger partial charge is 0.240 e. The lowest BCUT2D eigenvalue weighted by Gasteiger charge is -2.28. The highest BCUT2D eigenvalue weighted by Gasteiger charge is 2.38. The van der Waals surface area contributed by atoms with Gasteiger partial charge in [-0.3, -0.25) is 14.5 Å². The van der Waals surface area contributed by atoms with Gasteiger partial charge in [-0.15, -0.1) is 0 Å². The Morgan fingerprint density at radius 2 is 2.04 bits per heavy atom. The minimum absolute atomic E-state index is 0.0526. The minimum atomic E-state index is -0.422. The van der Waals surface area contributed by atoms with Gasteiger partial charge in [-0.2, -0.15) is 0 Å². The number of benzene rings is 1. The van der Waals surface area contributed by atoms with Crippen molar-refractivity contribution in [3.63, 3.8) is 0 Å². The number of nitrogens with zero attached hydrogens (tertiary/aromatic N) is 2. The number of ether oxygens (including phenoxy) is 1. The third-order valence-corrected chi connectivity index (χ3v) is 4.77. The van der Waals surface area contributed by atoms with Crippen LogP contribution < -0.4 is 10.1 Å². The number of methoxy groups -OCH3 is 1. The molecule has 144 valence electrons. The van der Waals surface area contributed by atoms with Crippen LogP contribution in [0.15, 0.2) is 18.2 Å². The predicted octanol–water partition coefficient (Wildman–Crippen LogP) is 1.78. The van der Waals surface area contributed by atoms with E-state index in [0.29, 0.717) is 32.6 Å². The highest BCUT2D eigenvalue weighted by atomic mass is 19.1. The number of amides is 2. The summed E-state index contributed by atoms with van der Waals surface area (Å²) in [5.74, 6) is -0.283. The van der Waals surface area contributed by atoms with Gasteiger partial charge in [0.05, 0.1) is 13.2 Å². The molecule has 1 aromatic rings. The van der Waals surface area contributed by atoms with Gasteiger partial charge in [-0.25, -0.2) is 4.39 Å². The molecule has 26 heavy (non-hydrogen) atoms. The molecule has 0 unspecified atom stereocenters. The number of carbonyl (C=O) groups excluding carboxylic acids is 2. The van der Waals surface area contributed by atoms with E-state index in [0.717, 1.165) is 5.56 Å². The predicted molar refractivity (Wildman–Crippen MR) is 97.3 cm³/mol. The van der Waals surface area contributed by atoms with Gasteiger partial charge in [-0.1, -0.05) is 6.07 Å². The SMILES string of the molecule is CCN(CC)C(=O)[C@@H]1C[C@@H](NC(C)=O)CN1Cc1ccc(OC)c(F)c1. The largest absolute Gasteiger partial charge is 0.494 e. The molecule has 1 saturated heterocycles. The standard InChI is InChI=1S/C19H28FN3O3/c1-5-22(6-2)19(25)17-10-15(21-13(3)24)12-23(17)11-14-7-8-18(26-4)16(20)9-14/h7-9,15,17H,5-6,10-12H2,1-4H3,(H,21,24)/t15-,17+/m1/s1. The molecule has 1 N–H and O–H groups in total. The zero-order valence-corrected chi connectivity index (χ0v) is 15.9. The number of nitrogens with one attached hydrogen (secondary N) is 1. The van der Waals surface area contributed by atoms with Crippen LogP contribution in [0, 0.1) is 5.82 Å². The maximum absolute atomic E-state index is 14.0. The van der Waals surface area contributed by atoms with Crippen LogP contribution in [-0.4, -0.2) is 60.4 Å². The van der Waals surface area contributed by atoms with E-state index in [-0.39, 0.29) is 29.6 Å². The topological polar surface area (TPSA) is 61.9 Å². The van der Waals surface area contributed by atoms with Gasteiger partial charge >= 0.3 is 0 Å². The average molecular weight is 365 g/mol. The zero-order valence-electron chi connectivity index (χ0n) is 15.9. The molecule has 2 rings (SSSR count). The van der Waals surface area contributed by atoms with Crippen LogP contribution in [-0.2, 0) is 16.1 Å². The Morgan fingerprint density at radius 3 is 2.58 bits per heavy atom. The molecule has 2 atom stereocenters. The van der Waals surface area contributed by atoms with Gasteiger partial charge in [0, 0.05) is 39.1 Å². The maximum Gasteiger partial charge on any atom is 0.240 e.